The van der Waals surface area contributed by atoms with Crippen molar-refractivity contribution >= 4 is 29.5 Å². The van der Waals surface area contributed by atoms with Crippen LogP contribution in [-0.4, -0.2) is 23.8 Å². The predicted octanol–water partition coefficient (Wildman–Crippen LogP) is 2.72. The number of carbonyl (C=O) groups is 1. The van der Waals surface area contributed by atoms with Crippen molar-refractivity contribution in [2.45, 2.75) is 19.3 Å². The van der Waals surface area contributed by atoms with Crippen molar-refractivity contribution in [1.29, 1.82) is 0 Å². The molecule has 0 fully saturated rings. The van der Waals surface area contributed by atoms with Crippen molar-refractivity contribution in [3.05, 3.63) is 28.8 Å². The second-order valence-electron chi connectivity index (χ2n) is 3.98. The number of aliphatic carboxylic acids is 1. The molecule has 1 aromatic carbocycles. The van der Waals surface area contributed by atoms with E-state index in [-0.39, 0.29) is 0 Å². The average molecular weight is 253 g/mol. The third-order valence-corrected chi connectivity index (χ3v) is 3.11. The number of rotatable bonds is 3. The van der Waals surface area contributed by atoms with E-state index in [1.807, 2.05) is 17.3 Å². The summed E-state index contributed by atoms with van der Waals surface area (Å²) in [6, 6.07) is 5.30. The second kappa shape index (κ2) is 4.75. The van der Waals surface area contributed by atoms with Crippen molar-refractivity contribution in [1.82, 2.24) is 0 Å². The van der Waals surface area contributed by atoms with Crippen LogP contribution in [0.4, 0.5) is 5.69 Å². The molecule has 0 spiro atoms. The number of hydrazone groups is 1. The molecule has 1 unspecified atom stereocenters. The SMILES string of the molecule is CC(C(=O)O)c1ccc(N2CCC=N2)c(Cl)c1. The van der Waals surface area contributed by atoms with E-state index in [2.05, 4.69) is 5.10 Å². The van der Waals surface area contributed by atoms with Crippen LogP contribution in [0.15, 0.2) is 23.3 Å². The number of nitrogens with zero attached hydrogens (tertiary/aromatic N) is 2. The molecule has 90 valence electrons. The summed E-state index contributed by atoms with van der Waals surface area (Å²) in [5, 5.41) is 15.5. The third kappa shape index (κ3) is 2.42. The lowest BCUT2D eigenvalue weighted by Crippen LogP contribution is -2.13. The zero-order valence-corrected chi connectivity index (χ0v) is 10.2. The van der Waals surface area contributed by atoms with Gasteiger partial charge in [0.25, 0.3) is 0 Å². The molecule has 1 aromatic rings. The normalized spacial score (nSPS) is 16.2. The molecule has 1 aliphatic rings. The highest BCUT2D eigenvalue weighted by Crippen LogP contribution is 2.30. The summed E-state index contributed by atoms with van der Waals surface area (Å²) in [5.74, 6) is -1.41. The van der Waals surface area contributed by atoms with Crippen LogP contribution in [-0.2, 0) is 4.79 Å². The zero-order chi connectivity index (χ0) is 12.4. The summed E-state index contributed by atoms with van der Waals surface area (Å²) < 4.78 is 0. The largest absolute Gasteiger partial charge is 0.481 e. The molecule has 0 radical (unpaired) electrons. The first-order valence-electron chi connectivity index (χ1n) is 5.42. The quantitative estimate of drug-likeness (QED) is 0.900. The monoisotopic (exact) mass is 252 g/mol. The first-order valence-corrected chi connectivity index (χ1v) is 5.79. The lowest BCUT2D eigenvalue weighted by atomic mass is 10.0. The van der Waals surface area contributed by atoms with Crippen molar-refractivity contribution < 1.29 is 9.90 Å². The van der Waals surface area contributed by atoms with E-state index >= 15 is 0 Å². The second-order valence-corrected chi connectivity index (χ2v) is 4.39. The molecule has 0 aromatic heterocycles. The van der Waals surface area contributed by atoms with Gasteiger partial charge in [-0.05, 0) is 24.6 Å². The topological polar surface area (TPSA) is 52.9 Å². The van der Waals surface area contributed by atoms with E-state index < -0.39 is 11.9 Å². The number of carboxylic acid groups (broad SMARTS) is 1. The lowest BCUT2D eigenvalue weighted by Gasteiger charge is -2.17. The number of hydrogen-bond donors (Lipinski definition) is 1. The summed E-state index contributed by atoms with van der Waals surface area (Å²) in [6.45, 7) is 2.45. The van der Waals surface area contributed by atoms with Gasteiger partial charge in [0.2, 0.25) is 0 Å². The van der Waals surface area contributed by atoms with Crippen molar-refractivity contribution in [2.75, 3.05) is 11.6 Å². The van der Waals surface area contributed by atoms with E-state index in [1.54, 1.807) is 19.1 Å². The van der Waals surface area contributed by atoms with Gasteiger partial charge in [-0.3, -0.25) is 9.80 Å². The maximum absolute atomic E-state index is 10.9. The Kier molecular flexibility index (Phi) is 3.33. The van der Waals surface area contributed by atoms with Crippen LogP contribution in [0.3, 0.4) is 0 Å². The molecule has 0 saturated carbocycles. The Labute approximate surface area is 104 Å². The summed E-state index contributed by atoms with van der Waals surface area (Å²) in [6.07, 6.45) is 2.74. The fourth-order valence-corrected chi connectivity index (χ4v) is 2.01. The van der Waals surface area contributed by atoms with Gasteiger partial charge in [0, 0.05) is 19.2 Å². The van der Waals surface area contributed by atoms with Gasteiger partial charge in [-0.1, -0.05) is 17.7 Å². The number of halogens is 1. The Bertz CT molecular complexity index is 474. The first-order chi connectivity index (χ1) is 8.09. The van der Waals surface area contributed by atoms with Gasteiger partial charge in [0.15, 0.2) is 0 Å². The van der Waals surface area contributed by atoms with E-state index in [0.29, 0.717) is 10.6 Å². The van der Waals surface area contributed by atoms with Crippen molar-refractivity contribution in [2.24, 2.45) is 5.10 Å². The minimum atomic E-state index is -0.854. The molecule has 17 heavy (non-hydrogen) atoms. The Hall–Kier alpha value is -1.55. The Morgan fingerprint density at radius 2 is 2.35 bits per heavy atom. The smallest absolute Gasteiger partial charge is 0.310 e. The molecule has 1 atom stereocenters. The molecule has 0 aliphatic carbocycles. The highest BCUT2D eigenvalue weighted by molar-refractivity contribution is 6.33. The fourth-order valence-electron chi connectivity index (χ4n) is 1.72. The molecular weight excluding hydrogens is 240 g/mol. The Morgan fingerprint density at radius 1 is 1.59 bits per heavy atom. The molecule has 1 heterocycles. The van der Waals surface area contributed by atoms with E-state index in [9.17, 15) is 4.79 Å². The molecule has 1 N–H and O–H groups in total. The van der Waals surface area contributed by atoms with Crippen LogP contribution in [0.1, 0.15) is 24.8 Å². The van der Waals surface area contributed by atoms with E-state index in [0.717, 1.165) is 18.7 Å². The summed E-state index contributed by atoms with van der Waals surface area (Å²) >= 11 is 6.15. The minimum Gasteiger partial charge on any atom is -0.481 e. The minimum absolute atomic E-state index is 0.537. The molecule has 5 heteroatoms. The summed E-state index contributed by atoms with van der Waals surface area (Å²) in [4.78, 5) is 10.9. The van der Waals surface area contributed by atoms with Crippen LogP contribution < -0.4 is 5.01 Å². The van der Waals surface area contributed by atoms with Gasteiger partial charge in [-0.25, -0.2) is 0 Å². The number of carboxylic acids is 1. The molecule has 0 bridgehead atoms. The molecule has 2 rings (SSSR count). The maximum Gasteiger partial charge on any atom is 0.310 e. The van der Waals surface area contributed by atoms with Crippen molar-refractivity contribution in [3.8, 4) is 0 Å². The lowest BCUT2D eigenvalue weighted by molar-refractivity contribution is -0.138. The Balaban J connectivity index is 2.28. The zero-order valence-electron chi connectivity index (χ0n) is 9.43. The van der Waals surface area contributed by atoms with Gasteiger partial charge >= 0.3 is 5.97 Å². The van der Waals surface area contributed by atoms with Gasteiger partial charge < -0.3 is 5.11 Å². The number of benzene rings is 1. The maximum atomic E-state index is 10.9. The summed E-state index contributed by atoms with van der Waals surface area (Å²) in [7, 11) is 0. The van der Waals surface area contributed by atoms with Crippen LogP contribution in [0.25, 0.3) is 0 Å². The standard InChI is InChI=1S/C12H13ClN2O2/c1-8(12(16)17)9-3-4-11(10(13)7-9)15-6-2-5-14-15/h3-5,7-8H,2,6H2,1H3,(H,16,17). The highest BCUT2D eigenvalue weighted by Gasteiger charge is 2.17. The van der Waals surface area contributed by atoms with Gasteiger partial charge in [0.05, 0.1) is 16.6 Å². The van der Waals surface area contributed by atoms with Crippen LogP contribution >= 0.6 is 11.6 Å². The Morgan fingerprint density at radius 3 is 2.88 bits per heavy atom. The van der Waals surface area contributed by atoms with Crippen LogP contribution in [0, 0.1) is 0 Å². The van der Waals surface area contributed by atoms with E-state index in [4.69, 9.17) is 16.7 Å². The fraction of sp³-hybridized carbons (Fsp3) is 0.333. The molecule has 0 amide bonds. The first kappa shape index (κ1) is 11.9. The van der Waals surface area contributed by atoms with Gasteiger partial charge in [-0.15, -0.1) is 0 Å². The summed E-state index contributed by atoms with van der Waals surface area (Å²) in [5.41, 5.74) is 1.52. The van der Waals surface area contributed by atoms with Gasteiger partial charge in [0.1, 0.15) is 0 Å². The van der Waals surface area contributed by atoms with Crippen LogP contribution in [0.2, 0.25) is 5.02 Å². The third-order valence-electron chi connectivity index (χ3n) is 2.81. The molecular formula is C12H13ClN2O2. The van der Waals surface area contributed by atoms with Crippen LogP contribution in [0.5, 0.6) is 0 Å². The van der Waals surface area contributed by atoms with Crippen molar-refractivity contribution in [3.63, 3.8) is 0 Å². The number of hydrogen-bond acceptors (Lipinski definition) is 3. The highest BCUT2D eigenvalue weighted by atomic mass is 35.5. The van der Waals surface area contributed by atoms with E-state index in [1.165, 1.54) is 0 Å². The number of anilines is 1. The molecule has 1 aliphatic heterocycles. The van der Waals surface area contributed by atoms with Gasteiger partial charge in [-0.2, -0.15) is 5.10 Å². The predicted molar refractivity (Wildman–Crippen MR) is 68.0 cm³/mol. The average Bonchev–Trinajstić information content (AvgIpc) is 2.81. The molecule has 0 saturated heterocycles. The molecule has 4 nitrogen and oxygen atoms in total.